The summed E-state index contributed by atoms with van der Waals surface area (Å²) in [5, 5.41) is 0. The average Bonchev–Trinajstić information content (AvgIpc) is 2.67. The van der Waals surface area contributed by atoms with E-state index < -0.39 is 10.2 Å². The van der Waals surface area contributed by atoms with Gasteiger partial charge in [0, 0.05) is 39.3 Å². The smallest absolute Gasteiger partial charge is 0.282 e. The summed E-state index contributed by atoms with van der Waals surface area (Å²) in [5.41, 5.74) is 0.511. The summed E-state index contributed by atoms with van der Waals surface area (Å²) in [6.45, 7) is 8.10. The molecule has 0 unspecified atom stereocenters. The zero-order valence-electron chi connectivity index (χ0n) is 16.7. The summed E-state index contributed by atoms with van der Waals surface area (Å²) in [5.74, 6) is 0.427. The van der Waals surface area contributed by atoms with Crippen LogP contribution in [0.25, 0.3) is 0 Å². The second-order valence-corrected chi connectivity index (χ2v) is 9.13. The van der Waals surface area contributed by atoms with Gasteiger partial charge >= 0.3 is 0 Å². The van der Waals surface area contributed by atoms with Crippen LogP contribution in [0.1, 0.15) is 31.1 Å². The highest BCUT2D eigenvalue weighted by Gasteiger charge is 2.37. The lowest BCUT2D eigenvalue weighted by Gasteiger charge is -2.40. The first-order valence-electron chi connectivity index (χ1n) is 9.74. The van der Waals surface area contributed by atoms with Gasteiger partial charge in [0.2, 0.25) is 0 Å². The van der Waals surface area contributed by atoms with Crippen molar-refractivity contribution in [2.45, 2.75) is 33.0 Å². The standard InChI is InChI=1S/C19H29N3O5S/c1-4-26-18-8-6-5-7-17(18)19(23)20-9-11-21(12-10-20)28(24,25)22-13-15(2)27-16(3)14-22/h5-8,15-16H,4,9-14H2,1-3H3/t15-,16-/m1/s1. The van der Waals surface area contributed by atoms with E-state index >= 15 is 0 Å². The van der Waals surface area contributed by atoms with Gasteiger partial charge in [-0.1, -0.05) is 12.1 Å². The maximum absolute atomic E-state index is 13.0. The molecule has 0 radical (unpaired) electrons. The second kappa shape index (κ2) is 8.77. The molecule has 1 aromatic carbocycles. The number of carbonyl (C=O) groups excluding carboxylic acids is 1. The topological polar surface area (TPSA) is 79.4 Å². The van der Waals surface area contributed by atoms with E-state index in [4.69, 9.17) is 9.47 Å². The number of hydrogen-bond acceptors (Lipinski definition) is 5. The number of nitrogens with zero attached hydrogens (tertiary/aromatic N) is 3. The van der Waals surface area contributed by atoms with Crippen LogP contribution in [0.5, 0.6) is 5.75 Å². The number of amides is 1. The Kier molecular flexibility index (Phi) is 6.59. The molecule has 2 heterocycles. The Bertz CT molecular complexity index is 783. The molecule has 1 amide bonds. The van der Waals surface area contributed by atoms with E-state index in [0.29, 0.717) is 44.1 Å². The molecule has 8 nitrogen and oxygen atoms in total. The van der Waals surface area contributed by atoms with Gasteiger partial charge in [0.15, 0.2) is 0 Å². The van der Waals surface area contributed by atoms with E-state index in [1.165, 1.54) is 8.61 Å². The number of para-hydroxylation sites is 1. The molecule has 0 bridgehead atoms. The molecule has 2 fully saturated rings. The Morgan fingerprint density at radius 1 is 1.07 bits per heavy atom. The van der Waals surface area contributed by atoms with Gasteiger partial charge in [-0.25, -0.2) is 0 Å². The normalized spacial score (nSPS) is 24.9. The van der Waals surface area contributed by atoms with Crippen LogP contribution in [0.4, 0.5) is 0 Å². The van der Waals surface area contributed by atoms with Gasteiger partial charge in [0.05, 0.1) is 24.4 Å². The zero-order valence-corrected chi connectivity index (χ0v) is 17.5. The maximum atomic E-state index is 13.0. The van der Waals surface area contributed by atoms with Crippen molar-refractivity contribution in [1.29, 1.82) is 0 Å². The summed E-state index contributed by atoms with van der Waals surface area (Å²) in [6.07, 6.45) is -0.257. The summed E-state index contributed by atoms with van der Waals surface area (Å²) in [4.78, 5) is 14.6. The Morgan fingerprint density at radius 2 is 1.68 bits per heavy atom. The third kappa shape index (κ3) is 4.48. The lowest BCUT2D eigenvalue weighted by molar-refractivity contribution is -0.0457. The zero-order chi connectivity index (χ0) is 20.3. The first-order chi connectivity index (χ1) is 13.3. The van der Waals surface area contributed by atoms with Crippen molar-refractivity contribution in [3.05, 3.63) is 29.8 Å². The number of ether oxygens (including phenoxy) is 2. The highest BCUT2D eigenvalue weighted by molar-refractivity contribution is 7.86. The van der Waals surface area contributed by atoms with Crippen LogP contribution in [-0.4, -0.2) is 85.9 Å². The molecule has 2 saturated heterocycles. The lowest BCUT2D eigenvalue weighted by atomic mass is 10.1. The van der Waals surface area contributed by atoms with Crippen LogP contribution >= 0.6 is 0 Å². The summed E-state index contributed by atoms with van der Waals surface area (Å²) in [7, 11) is -3.56. The largest absolute Gasteiger partial charge is 0.493 e. The van der Waals surface area contributed by atoms with Crippen LogP contribution in [-0.2, 0) is 14.9 Å². The molecule has 3 rings (SSSR count). The first kappa shape index (κ1) is 21.0. The molecule has 0 N–H and O–H groups in total. The lowest BCUT2D eigenvalue weighted by Crippen LogP contribution is -2.57. The number of hydrogen-bond donors (Lipinski definition) is 0. The molecular formula is C19H29N3O5S. The molecule has 9 heteroatoms. The number of rotatable bonds is 5. The Labute approximate surface area is 167 Å². The maximum Gasteiger partial charge on any atom is 0.282 e. The van der Waals surface area contributed by atoms with Gasteiger partial charge in [0.25, 0.3) is 16.1 Å². The SMILES string of the molecule is CCOc1ccccc1C(=O)N1CCN(S(=O)(=O)N2C[C@@H](C)O[C@H](C)C2)CC1. The first-order valence-corrected chi connectivity index (χ1v) is 11.1. The molecule has 1 aromatic rings. The van der Waals surface area contributed by atoms with E-state index in [9.17, 15) is 13.2 Å². The monoisotopic (exact) mass is 411 g/mol. The minimum Gasteiger partial charge on any atom is -0.493 e. The number of benzene rings is 1. The van der Waals surface area contributed by atoms with Crippen molar-refractivity contribution in [3.8, 4) is 5.75 Å². The van der Waals surface area contributed by atoms with Crippen LogP contribution < -0.4 is 4.74 Å². The van der Waals surface area contributed by atoms with Gasteiger partial charge in [-0.3, -0.25) is 4.79 Å². The predicted octanol–water partition coefficient (Wildman–Crippen LogP) is 1.20. The molecule has 2 atom stereocenters. The Balaban J connectivity index is 1.65. The highest BCUT2D eigenvalue weighted by atomic mass is 32.2. The minimum atomic E-state index is -3.56. The molecule has 28 heavy (non-hydrogen) atoms. The van der Waals surface area contributed by atoms with Gasteiger partial charge in [-0.2, -0.15) is 17.0 Å². The van der Waals surface area contributed by atoms with Crippen LogP contribution in [0.15, 0.2) is 24.3 Å². The molecule has 156 valence electrons. The highest BCUT2D eigenvalue weighted by Crippen LogP contribution is 2.22. The van der Waals surface area contributed by atoms with Crippen LogP contribution in [0.2, 0.25) is 0 Å². The predicted molar refractivity (Wildman–Crippen MR) is 106 cm³/mol. The van der Waals surface area contributed by atoms with Crippen LogP contribution in [0, 0.1) is 0 Å². The number of piperazine rings is 1. The summed E-state index contributed by atoms with van der Waals surface area (Å²) < 4.78 is 40.1. The van der Waals surface area contributed by atoms with E-state index in [2.05, 4.69) is 0 Å². The Morgan fingerprint density at radius 3 is 2.29 bits per heavy atom. The van der Waals surface area contributed by atoms with Crippen molar-refractivity contribution in [1.82, 2.24) is 13.5 Å². The Hall–Kier alpha value is -1.68. The van der Waals surface area contributed by atoms with Crippen molar-refractivity contribution < 1.29 is 22.7 Å². The molecule has 2 aliphatic rings. The third-order valence-electron chi connectivity index (χ3n) is 4.98. The van der Waals surface area contributed by atoms with Gasteiger partial charge in [-0.05, 0) is 32.9 Å². The van der Waals surface area contributed by atoms with Gasteiger partial charge < -0.3 is 14.4 Å². The molecule has 0 spiro atoms. The average molecular weight is 412 g/mol. The second-order valence-electron chi connectivity index (χ2n) is 7.20. The minimum absolute atomic E-state index is 0.128. The molecule has 2 aliphatic heterocycles. The van der Waals surface area contributed by atoms with Crippen LogP contribution in [0.3, 0.4) is 0 Å². The van der Waals surface area contributed by atoms with Crippen molar-refractivity contribution in [2.75, 3.05) is 45.9 Å². The molecule has 0 aromatic heterocycles. The fourth-order valence-electron chi connectivity index (χ4n) is 3.70. The third-order valence-corrected chi connectivity index (χ3v) is 6.95. The van der Waals surface area contributed by atoms with Crippen molar-refractivity contribution >= 4 is 16.1 Å². The van der Waals surface area contributed by atoms with E-state index in [0.717, 1.165) is 0 Å². The van der Waals surface area contributed by atoms with Crippen molar-refractivity contribution in [2.24, 2.45) is 0 Å². The summed E-state index contributed by atoms with van der Waals surface area (Å²) >= 11 is 0. The van der Waals surface area contributed by atoms with Gasteiger partial charge in [-0.15, -0.1) is 0 Å². The van der Waals surface area contributed by atoms with E-state index in [1.807, 2.05) is 26.8 Å². The number of morpholine rings is 1. The fraction of sp³-hybridized carbons (Fsp3) is 0.632. The molecule has 0 saturated carbocycles. The van der Waals surface area contributed by atoms with E-state index in [1.54, 1.807) is 23.1 Å². The quantitative estimate of drug-likeness (QED) is 0.727. The van der Waals surface area contributed by atoms with E-state index in [-0.39, 0.29) is 31.2 Å². The number of carbonyl (C=O) groups is 1. The van der Waals surface area contributed by atoms with Crippen molar-refractivity contribution in [3.63, 3.8) is 0 Å². The fourth-order valence-corrected chi connectivity index (χ4v) is 5.45. The molecule has 0 aliphatic carbocycles. The summed E-state index contributed by atoms with van der Waals surface area (Å²) in [6, 6.07) is 7.15. The molecular weight excluding hydrogens is 382 g/mol. The van der Waals surface area contributed by atoms with Gasteiger partial charge in [0.1, 0.15) is 5.75 Å².